The number of carbonyl (C=O) groups excluding carboxylic acids is 1. The standard InChI is InChI=1S/C12H25N3O/c1-4-5-6-7-8-9-13-10-11-14-12(16)15(2)3/h4,13H,1,5-11H2,2-3H3,(H,14,16). The van der Waals surface area contributed by atoms with Crippen molar-refractivity contribution in [3.05, 3.63) is 12.7 Å². The second-order valence-electron chi connectivity index (χ2n) is 4.01. The van der Waals surface area contributed by atoms with Gasteiger partial charge in [-0.05, 0) is 25.8 Å². The average Bonchev–Trinajstić information content (AvgIpc) is 2.26. The van der Waals surface area contributed by atoms with Crippen LogP contribution in [-0.4, -0.2) is 44.7 Å². The minimum atomic E-state index is -0.0345. The van der Waals surface area contributed by atoms with E-state index in [0.717, 1.165) is 19.5 Å². The molecule has 0 bridgehead atoms. The number of rotatable bonds is 9. The molecule has 0 aliphatic carbocycles. The van der Waals surface area contributed by atoms with Gasteiger partial charge in [-0.15, -0.1) is 6.58 Å². The van der Waals surface area contributed by atoms with E-state index in [0.29, 0.717) is 6.54 Å². The molecule has 4 nitrogen and oxygen atoms in total. The fraction of sp³-hybridized carbons (Fsp3) is 0.750. The SMILES string of the molecule is C=CCCCCCNCCNC(=O)N(C)C. The summed E-state index contributed by atoms with van der Waals surface area (Å²) in [5.41, 5.74) is 0. The highest BCUT2D eigenvalue weighted by Gasteiger charge is 1.99. The number of urea groups is 1. The summed E-state index contributed by atoms with van der Waals surface area (Å²) in [6.07, 6.45) is 6.73. The van der Waals surface area contributed by atoms with Crippen LogP contribution in [0.25, 0.3) is 0 Å². The molecule has 0 aromatic rings. The van der Waals surface area contributed by atoms with Gasteiger partial charge in [-0.25, -0.2) is 4.79 Å². The van der Waals surface area contributed by atoms with Gasteiger partial charge >= 0.3 is 6.03 Å². The normalized spacial score (nSPS) is 9.88. The van der Waals surface area contributed by atoms with Crippen LogP contribution in [0.4, 0.5) is 4.79 Å². The van der Waals surface area contributed by atoms with Crippen molar-refractivity contribution >= 4 is 6.03 Å². The van der Waals surface area contributed by atoms with Gasteiger partial charge in [0.2, 0.25) is 0 Å². The molecule has 0 aromatic carbocycles. The molecule has 0 atom stereocenters. The summed E-state index contributed by atoms with van der Waals surface area (Å²) in [4.78, 5) is 12.7. The summed E-state index contributed by atoms with van der Waals surface area (Å²) < 4.78 is 0. The largest absolute Gasteiger partial charge is 0.337 e. The quantitative estimate of drug-likeness (QED) is 0.464. The molecule has 0 rings (SSSR count). The van der Waals surface area contributed by atoms with E-state index >= 15 is 0 Å². The molecule has 0 heterocycles. The van der Waals surface area contributed by atoms with Crippen LogP contribution in [0.5, 0.6) is 0 Å². The molecule has 0 aliphatic rings. The lowest BCUT2D eigenvalue weighted by molar-refractivity contribution is 0.217. The highest BCUT2D eigenvalue weighted by Crippen LogP contribution is 1.98. The molecule has 2 amide bonds. The topological polar surface area (TPSA) is 44.4 Å². The molecule has 0 spiro atoms. The number of carbonyl (C=O) groups is 1. The Morgan fingerprint density at radius 3 is 2.56 bits per heavy atom. The molecule has 0 aromatic heterocycles. The minimum absolute atomic E-state index is 0.0345. The molecule has 4 heteroatoms. The van der Waals surface area contributed by atoms with Crippen LogP contribution < -0.4 is 10.6 Å². The number of allylic oxidation sites excluding steroid dienone is 1. The molecular formula is C12H25N3O. The summed E-state index contributed by atoms with van der Waals surface area (Å²) in [6, 6.07) is -0.0345. The third kappa shape index (κ3) is 9.52. The Morgan fingerprint density at radius 1 is 1.19 bits per heavy atom. The fourth-order valence-corrected chi connectivity index (χ4v) is 1.26. The van der Waals surface area contributed by atoms with Crippen LogP contribution in [0, 0.1) is 0 Å². The predicted molar refractivity (Wildman–Crippen MR) is 68.6 cm³/mol. The van der Waals surface area contributed by atoms with Gasteiger partial charge in [0.1, 0.15) is 0 Å². The van der Waals surface area contributed by atoms with Gasteiger partial charge in [-0.2, -0.15) is 0 Å². The highest BCUT2D eigenvalue weighted by atomic mass is 16.2. The van der Waals surface area contributed by atoms with E-state index in [9.17, 15) is 4.79 Å². The summed E-state index contributed by atoms with van der Waals surface area (Å²) >= 11 is 0. The van der Waals surface area contributed by atoms with E-state index in [2.05, 4.69) is 17.2 Å². The van der Waals surface area contributed by atoms with E-state index < -0.39 is 0 Å². The summed E-state index contributed by atoms with van der Waals surface area (Å²) in [5.74, 6) is 0. The molecule has 16 heavy (non-hydrogen) atoms. The smallest absolute Gasteiger partial charge is 0.316 e. The first kappa shape index (κ1) is 15.0. The third-order valence-corrected chi connectivity index (χ3v) is 2.25. The van der Waals surface area contributed by atoms with Crippen LogP contribution >= 0.6 is 0 Å². The number of nitrogens with zero attached hydrogens (tertiary/aromatic N) is 1. The van der Waals surface area contributed by atoms with E-state index in [4.69, 9.17) is 0 Å². The predicted octanol–water partition coefficient (Wildman–Crippen LogP) is 1.59. The number of hydrogen-bond acceptors (Lipinski definition) is 2. The Bertz CT molecular complexity index is 193. The number of amides is 2. The van der Waals surface area contributed by atoms with Crippen LogP contribution in [0.2, 0.25) is 0 Å². The first-order valence-electron chi connectivity index (χ1n) is 5.95. The molecule has 0 radical (unpaired) electrons. The Hall–Kier alpha value is -1.03. The zero-order valence-corrected chi connectivity index (χ0v) is 10.6. The molecule has 0 saturated heterocycles. The van der Waals surface area contributed by atoms with E-state index in [1.54, 1.807) is 14.1 Å². The molecule has 0 aliphatic heterocycles. The lowest BCUT2D eigenvalue weighted by Gasteiger charge is -2.12. The van der Waals surface area contributed by atoms with Crippen molar-refractivity contribution in [3.63, 3.8) is 0 Å². The van der Waals surface area contributed by atoms with Crippen molar-refractivity contribution in [1.29, 1.82) is 0 Å². The summed E-state index contributed by atoms with van der Waals surface area (Å²) in [6.45, 7) is 6.23. The minimum Gasteiger partial charge on any atom is -0.337 e. The van der Waals surface area contributed by atoms with Crippen molar-refractivity contribution in [2.24, 2.45) is 0 Å². The van der Waals surface area contributed by atoms with Crippen LogP contribution in [0.1, 0.15) is 25.7 Å². The number of hydrogen-bond donors (Lipinski definition) is 2. The molecule has 0 saturated carbocycles. The van der Waals surface area contributed by atoms with Crippen molar-refractivity contribution in [2.75, 3.05) is 33.7 Å². The zero-order valence-electron chi connectivity index (χ0n) is 10.6. The first-order chi connectivity index (χ1) is 7.68. The van der Waals surface area contributed by atoms with Gasteiger partial charge in [0, 0.05) is 27.2 Å². The Labute approximate surface area is 99.1 Å². The lowest BCUT2D eigenvalue weighted by Crippen LogP contribution is -2.38. The maximum absolute atomic E-state index is 11.1. The maximum Gasteiger partial charge on any atom is 0.316 e. The van der Waals surface area contributed by atoms with Gasteiger partial charge < -0.3 is 15.5 Å². The van der Waals surface area contributed by atoms with Crippen molar-refractivity contribution in [3.8, 4) is 0 Å². The second-order valence-corrected chi connectivity index (χ2v) is 4.01. The average molecular weight is 227 g/mol. The Morgan fingerprint density at radius 2 is 1.94 bits per heavy atom. The van der Waals surface area contributed by atoms with Crippen LogP contribution in [0.3, 0.4) is 0 Å². The first-order valence-corrected chi connectivity index (χ1v) is 5.95. The molecule has 2 N–H and O–H groups in total. The molecule has 0 fully saturated rings. The van der Waals surface area contributed by atoms with Crippen molar-refractivity contribution in [2.45, 2.75) is 25.7 Å². The van der Waals surface area contributed by atoms with Gasteiger partial charge in [-0.3, -0.25) is 0 Å². The van der Waals surface area contributed by atoms with Crippen molar-refractivity contribution in [1.82, 2.24) is 15.5 Å². The summed E-state index contributed by atoms with van der Waals surface area (Å²) in [5, 5.41) is 6.10. The van der Waals surface area contributed by atoms with Gasteiger partial charge in [0.15, 0.2) is 0 Å². The Kier molecular flexibility index (Phi) is 9.81. The number of nitrogens with one attached hydrogen (secondary N) is 2. The maximum atomic E-state index is 11.1. The van der Waals surface area contributed by atoms with Gasteiger partial charge in [-0.1, -0.05) is 12.5 Å². The third-order valence-electron chi connectivity index (χ3n) is 2.25. The molecular weight excluding hydrogens is 202 g/mol. The summed E-state index contributed by atoms with van der Waals surface area (Å²) in [7, 11) is 3.48. The number of unbranched alkanes of at least 4 members (excludes halogenated alkanes) is 3. The Balaban J connectivity index is 3.09. The fourth-order valence-electron chi connectivity index (χ4n) is 1.26. The van der Waals surface area contributed by atoms with Gasteiger partial charge in [0.25, 0.3) is 0 Å². The van der Waals surface area contributed by atoms with Crippen molar-refractivity contribution < 1.29 is 4.79 Å². The van der Waals surface area contributed by atoms with E-state index in [-0.39, 0.29) is 6.03 Å². The van der Waals surface area contributed by atoms with Gasteiger partial charge in [0.05, 0.1) is 0 Å². The second kappa shape index (κ2) is 10.5. The molecule has 0 unspecified atom stereocenters. The lowest BCUT2D eigenvalue weighted by atomic mass is 10.2. The van der Waals surface area contributed by atoms with E-state index in [1.165, 1.54) is 24.2 Å². The van der Waals surface area contributed by atoms with Crippen LogP contribution in [0.15, 0.2) is 12.7 Å². The molecule has 94 valence electrons. The highest BCUT2D eigenvalue weighted by molar-refractivity contribution is 5.73. The zero-order chi connectivity index (χ0) is 12.2. The van der Waals surface area contributed by atoms with E-state index in [1.807, 2.05) is 6.08 Å². The van der Waals surface area contributed by atoms with Crippen LogP contribution in [-0.2, 0) is 0 Å². The monoisotopic (exact) mass is 227 g/mol.